The van der Waals surface area contributed by atoms with Gasteiger partial charge in [0, 0.05) is 6.42 Å². The summed E-state index contributed by atoms with van der Waals surface area (Å²) in [5.74, 6) is 1.66. The van der Waals surface area contributed by atoms with Crippen molar-refractivity contribution in [3.63, 3.8) is 0 Å². The third kappa shape index (κ3) is 2.84. The van der Waals surface area contributed by atoms with Gasteiger partial charge in [0.15, 0.2) is 11.5 Å². The van der Waals surface area contributed by atoms with Crippen molar-refractivity contribution in [2.24, 2.45) is 5.41 Å². The average Bonchev–Trinajstić information content (AvgIpc) is 2.86. The zero-order chi connectivity index (χ0) is 17.3. The highest BCUT2D eigenvalue weighted by Crippen LogP contribution is 2.42. The van der Waals surface area contributed by atoms with E-state index in [9.17, 15) is 9.90 Å². The Morgan fingerprint density at radius 1 is 1.21 bits per heavy atom. The van der Waals surface area contributed by atoms with Crippen molar-refractivity contribution in [1.29, 1.82) is 0 Å². The van der Waals surface area contributed by atoms with Crippen molar-refractivity contribution >= 4 is 11.4 Å². The van der Waals surface area contributed by atoms with Gasteiger partial charge in [0.2, 0.25) is 0 Å². The number of carbonyl (C=O) groups excluding carboxylic acids is 1. The molecule has 1 aromatic carbocycles. The maximum Gasteiger partial charge on any atom is 0.161 e. The Bertz CT molecular complexity index is 676. The summed E-state index contributed by atoms with van der Waals surface area (Å²) in [5.41, 5.74) is 3.04. The molecular weight excluding hydrogens is 304 g/mol. The highest BCUT2D eigenvalue weighted by molar-refractivity contribution is 5.88. The number of ketones is 1. The molecule has 1 aromatic rings. The van der Waals surface area contributed by atoms with Gasteiger partial charge < -0.3 is 14.6 Å². The molecule has 4 nitrogen and oxygen atoms in total. The predicted molar refractivity (Wildman–Crippen MR) is 93.4 cm³/mol. The van der Waals surface area contributed by atoms with Crippen LogP contribution in [0.3, 0.4) is 0 Å². The molecule has 1 N–H and O–H groups in total. The van der Waals surface area contributed by atoms with Gasteiger partial charge in [-0.05, 0) is 67.9 Å². The molecule has 0 heterocycles. The van der Waals surface area contributed by atoms with E-state index in [0.717, 1.165) is 30.8 Å². The van der Waals surface area contributed by atoms with Crippen LogP contribution in [0.1, 0.15) is 50.2 Å². The first-order chi connectivity index (χ1) is 11.5. The van der Waals surface area contributed by atoms with Crippen LogP contribution < -0.4 is 9.47 Å². The number of benzene rings is 1. The van der Waals surface area contributed by atoms with E-state index in [1.807, 2.05) is 13.0 Å². The first-order valence-corrected chi connectivity index (χ1v) is 8.65. The van der Waals surface area contributed by atoms with Gasteiger partial charge >= 0.3 is 0 Å². The van der Waals surface area contributed by atoms with Gasteiger partial charge in [-0.1, -0.05) is 6.08 Å². The van der Waals surface area contributed by atoms with Gasteiger partial charge in [0.1, 0.15) is 5.78 Å². The molecule has 1 saturated carbocycles. The summed E-state index contributed by atoms with van der Waals surface area (Å²) in [4.78, 5) is 12.2. The van der Waals surface area contributed by atoms with Gasteiger partial charge in [-0.25, -0.2) is 0 Å². The Hall–Kier alpha value is -1.81. The summed E-state index contributed by atoms with van der Waals surface area (Å²) >= 11 is 0. The SMILES string of the molecule is COc1cc2c(cc1OC)C(=CC[C@@]1(C)C(=O)CC[C@H]1O)CCC2. The summed E-state index contributed by atoms with van der Waals surface area (Å²) < 4.78 is 10.8. The molecule has 24 heavy (non-hydrogen) atoms. The van der Waals surface area contributed by atoms with Crippen LogP contribution in [0.4, 0.5) is 0 Å². The zero-order valence-electron chi connectivity index (χ0n) is 14.7. The van der Waals surface area contributed by atoms with Crippen molar-refractivity contribution in [1.82, 2.24) is 0 Å². The Morgan fingerprint density at radius 3 is 2.54 bits per heavy atom. The van der Waals surface area contributed by atoms with Crippen LogP contribution in [-0.2, 0) is 11.2 Å². The number of aliphatic hydroxyl groups is 1. The van der Waals surface area contributed by atoms with Crippen molar-refractivity contribution in [3.8, 4) is 11.5 Å². The smallest absolute Gasteiger partial charge is 0.161 e. The molecule has 0 unspecified atom stereocenters. The molecule has 4 heteroatoms. The predicted octanol–water partition coefficient (Wildman–Crippen LogP) is 3.54. The molecule has 1 fully saturated rings. The standard InChI is InChI=1S/C20H26O4/c1-20(18(21)7-8-19(20)22)10-9-13-5-4-6-14-11-16(23-2)17(24-3)12-15(13)14/h9,11-12,18,21H,4-8,10H2,1-3H3/t18-,20-/m1/s1. The molecule has 0 aliphatic heterocycles. The molecule has 0 amide bonds. The minimum atomic E-state index is -0.638. The topological polar surface area (TPSA) is 55.8 Å². The van der Waals surface area contributed by atoms with Crippen molar-refractivity contribution in [3.05, 3.63) is 29.3 Å². The van der Waals surface area contributed by atoms with Crippen LogP contribution in [0.15, 0.2) is 18.2 Å². The lowest BCUT2D eigenvalue weighted by molar-refractivity contribution is -0.127. The number of aryl methyl sites for hydroxylation is 1. The van der Waals surface area contributed by atoms with E-state index in [4.69, 9.17) is 9.47 Å². The van der Waals surface area contributed by atoms with Crippen molar-refractivity contribution in [2.75, 3.05) is 14.2 Å². The number of hydrogen-bond acceptors (Lipinski definition) is 4. The van der Waals surface area contributed by atoms with Gasteiger partial charge in [-0.3, -0.25) is 4.79 Å². The minimum absolute atomic E-state index is 0.176. The minimum Gasteiger partial charge on any atom is -0.493 e. The largest absolute Gasteiger partial charge is 0.493 e. The van der Waals surface area contributed by atoms with Crippen LogP contribution >= 0.6 is 0 Å². The molecule has 2 aliphatic rings. The highest BCUT2D eigenvalue weighted by atomic mass is 16.5. The van der Waals surface area contributed by atoms with E-state index >= 15 is 0 Å². The van der Waals surface area contributed by atoms with Crippen LogP contribution in [0.25, 0.3) is 5.57 Å². The number of carbonyl (C=O) groups is 1. The molecular formula is C20H26O4. The van der Waals surface area contributed by atoms with Gasteiger partial charge in [0.25, 0.3) is 0 Å². The zero-order valence-corrected chi connectivity index (χ0v) is 14.7. The van der Waals surface area contributed by atoms with Crippen LogP contribution in [0, 0.1) is 5.41 Å². The third-order valence-corrected chi connectivity index (χ3v) is 5.64. The number of fused-ring (bicyclic) bond motifs is 1. The summed E-state index contributed by atoms with van der Waals surface area (Å²) in [7, 11) is 3.29. The van der Waals surface area contributed by atoms with Gasteiger partial charge in [0.05, 0.1) is 25.7 Å². The second kappa shape index (κ2) is 6.60. The van der Waals surface area contributed by atoms with E-state index in [2.05, 4.69) is 12.1 Å². The van der Waals surface area contributed by atoms with Crippen LogP contribution in [0.2, 0.25) is 0 Å². The number of aliphatic hydroxyl groups excluding tert-OH is 1. The lowest BCUT2D eigenvalue weighted by Gasteiger charge is -2.27. The molecule has 2 aliphatic carbocycles. The maximum absolute atomic E-state index is 12.2. The number of Topliss-reactive ketones (excluding diaryl/α,β-unsaturated/α-hetero) is 1. The number of rotatable bonds is 4. The summed E-state index contributed by atoms with van der Waals surface area (Å²) in [6.07, 6.45) is 6.38. The lowest BCUT2D eigenvalue weighted by atomic mass is 9.79. The summed E-state index contributed by atoms with van der Waals surface area (Å²) in [6, 6.07) is 4.09. The molecule has 0 radical (unpaired) electrons. The summed E-state index contributed by atoms with van der Waals surface area (Å²) in [5, 5.41) is 10.2. The fourth-order valence-corrected chi connectivity index (χ4v) is 3.89. The van der Waals surface area contributed by atoms with E-state index in [0.29, 0.717) is 19.3 Å². The molecule has 2 atom stereocenters. The van der Waals surface area contributed by atoms with Crippen molar-refractivity contribution < 1.29 is 19.4 Å². The number of methoxy groups -OCH3 is 2. The molecule has 3 rings (SSSR count). The second-order valence-corrected chi connectivity index (χ2v) is 7.05. The Labute approximate surface area is 143 Å². The number of hydrogen-bond donors (Lipinski definition) is 1. The van der Waals surface area contributed by atoms with E-state index in [-0.39, 0.29) is 5.78 Å². The normalized spacial score (nSPS) is 28.1. The van der Waals surface area contributed by atoms with Crippen LogP contribution in [0.5, 0.6) is 11.5 Å². The average molecular weight is 330 g/mol. The van der Waals surface area contributed by atoms with Crippen molar-refractivity contribution in [2.45, 2.75) is 51.6 Å². The fourth-order valence-electron chi connectivity index (χ4n) is 3.89. The monoisotopic (exact) mass is 330 g/mol. The Balaban J connectivity index is 1.93. The highest BCUT2D eigenvalue weighted by Gasteiger charge is 2.44. The molecule has 0 spiro atoms. The number of allylic oxidation sites excluding steroid dienone is 2. The molecule has 130 valence electrons. The van der Waals surface area contributed by atoms with Gasteiger partial charge in [-0.15, -0.1) is 0 Å². The van der Waals surface area contributed by atoms with Crippen LogP contribution in [-0.4, -0.2) is 31.2 Å². The number of ether oxygens (including phenoxy) is 2. The lowest BCUT2D eigenvalue weighted by Crippen LogP contribution is -2.32. The molecule has 0 bridgehead atoms. The Kier molecular flexibility index (Phi) is 4.68. The molecule has 0 saturated heterocycles. The molecule has 0 aromatic heterocycles. The van der Waals surface area contributed by atoms with E-state index in [1.165, 1.54) is 16.7 Å². The fraction of sp³-hybridized carbons (Fsp3) is 0.550. The van der Waals surface area contributed by atoms with E-state index < -0.39 is 11.5 Å². The van der Waals surface area contributed by atoms with Gasteiger partial charge in [-0.2, -0.15) is 0 Å². The van der Waals surface area contributed by atoms with E-state index in [1.54, 1.807) is 14.2 Å². The summed E-state index contributed by atoms with van der Waals surface area (Å²) in [6.45, 7) is 1.89. The third-order valence-electron chi connectivity index (χ3n) is 5.64. The quantitative estimate of drug-likeness (QED) is 0.917. The first-order valence-electron chi connectivity index (χ1n) is 8.65. The maximum atomic E-state index is 12.2. The second-order valence-electron chi connectivity index (χ2n) is 7.05. The Morgan fingerprint density at radius 2 is 1.92 bits per heavy atom. The first kappa shape index (κ1) is 17.0.